The lowest BCUT2D eigenvalue weighted by Gasteiger charge is -2.52. The van der Waals surface area contributed by atoms with Crippen molar-refractivity contribution in [3.63, 3.8) is 0 Å². The summed E-state index contributed by atoms with van der Waals surface area (Å²) in [6.07, 6.45) is 10.1. The Labute approximate surface area is 124 Å². The molecule has 2 aliphatic rings. The molecule has 0 unspecified atom stereocenters. The summed E-state index contributed by atoms with van der Waals surface area (Å²) in [5.41, 5.74) is 2.98. The molecule has 21 heavy (non-hydrogen) atoms. The summed E-state index contributed by atoms with van der Waals surface area (Å²) >= 11 is 0. The smallest absolute Gasteiger partial charge is 0.209 e. The number of aryl methyl sites for hydroxylation is 1. The maximum Gasteiger partial charge on any atom is 0.209 e. The average molecular weight is 283 g/mol. The van der Waals surface area contributed by atoms with Crippen molar-refractivity contribution in [2.45, 2.75) is 31.6 Å². The molecule has 2 fully saturated rings. The zero-order valence-corrected chi connectivity index (χ0v) is 12.5. The van der Waals surface area contributed by atoms with Gasteiger partial charge in [0.1, 0.15) is 5.65 Å². The molecule has 0 N–H and O–H groups in total. The van der Waals surface area contributed by atoms with Crippen LogP contribution in [0.4, 0.5) is 0 Å². The van der Waals surface area contributed by atoms with Gasteiger partial charge in [0, 0.05) is 43.3 Å². The van der Waals surface area contributed by atoms with Gasteiger partial charge >= 0.3 is 0 Å². The first kappa shape index (κ1) is 12.9. The van der Waals surface area contributed by atoms with Crippen molar-refractivity contribution < 1.29 is 4.79 Å². The molecule has 0 atom stereocenters. The van der Waals surface area contributed by atoms with Gasteiger partial charge in [-0.1, -0.05) is 0 Å². The van der Waals surface area contributed by atoms with Gasteiger partial charge in [0.15, 0.2) is 0 Å². The van der Waals surface area contributed by atoms with Gasteiger partial charge in [-0.05, 0) is 49.3 Å². The Bertz CT molecular complexity index is 674. The maximum atomic E-state index is 10.8. The topological polar surface area (TPSA) is 38.1 Å². The Morgan fingerprint density at radius 1 is 1.33 bits per heavy atom. The monoisotopic (exact) mass is 283 g/mol. The first-order chi connectivity index (χ1) is 10.2. The van der Waals surface area contributed by atoms with Crippen LogP contribution in [0.2, 0.25) is 0 Å². The number of fused-ring (bicyclic) bond motifs is 1. The summed E-state index contributed by atoms with van der Waals surface area (Å²) in [5, 5.41) is 1.31. The first-order valence-corrected chi connectivity index (χ1v) is 7.80. The number of pyridine rings is 1. The minimum atomic E-state index is 0.431. The van der Waals surface area contributed by atoms with E-state index < -0.39 is 0 Å². The van der Waals surface area contributed by atoms with Gasteiger partial charge in [0.05, 0.1) is 0 Å². The summed E-state index contributed by atoms with van der Waals surface area (Å²) in [6, 6.07) is 4.23. The van der Waals surface area contributed by atoms with Crippen LogP contribution in [0.5, 0.6) is 0 Å². The number of rotatable bonds is 2. The number of likely N-dealkylation sites (tertiary alicyclic amines) is 1. The van der Waals surface area contributed by atoms with Crippen molar-refractivity contribution in [3.05, 3.63) is 30.1 Å². The second-order valence-corrected chi connectivity index (χ2v) is 6.85. The standard InChI is InChI=1S/C17H21N3O/c1-19-9-15(14-3-2-8-18-16(14)19)13-4-6-17(7-5-13)10-20(11-17)12-21/h2-3,8-9,12-13H,4-7,10-11H2,1H3. The van der Waals surface area contributed by atoms with Crippen molar-refractivity contribution >= 4 is 17.4 Å². The van der Waals surface area contributed by atoms with Gasteiger partial charge in [-0.15, -0.1) is 0 Å². The lowest BCUT2D eigenvalue weighted by molar-refractivity contribution is -0.131. The van der Waals surface area contributed by atoms with Crippen LogP contribution in [0.3, 0.4) is 0 Å². The summed E-state index contributed by atoms with van der Waals surface area (Å²) in [5.74, 6) is 0.647. The predicted octanol–water partition coefficient (Wildman–Crippen LogP) is 2.69. The SMILES string of the molecule is Cn1cc(C2CCC3(CC2)CN(C=O)C3)c2cccnc21. The quantitative estimate of drug-likeness (QED) is 0.795. The highest BCUT2D eigenvalue weighted by Crippen LogP contribution is 2.48. The molecule has 0 bridgehead atoms. The number of amides is 1. The van der Waals surface area contributed by atoms with Crippen molar-refractivity contribution in [2.75, 3.05) is 13.1 Å². The molecule has 1 aliphatic carbocycles. The van der Waals surface area contributed by atoms with E-state index in [0.29, 0.717) is 11.3 Å². The molecule has 1 aliphatic heterocycles. The molecular formula is C17H21N3O. The van der Waals surface area contributed by atoms with E-state index in [4.69, 9.17) is 0 Å². The third-order valence-electron chi connectivity index (χ3n) is 5.48. The van der Waals surface area contributed by atoms with Crippen LogP contribution >= 0.6 is 0 Å². The lowest BCUT2D eigenvalue weighted by Crippen LogP contribution is -2.56. The molecule has 3 heterocycles. The largest absolute Gasteiger partial charge is 0.344 e. The molecule has 2 aromatic heterocycles. The van der Waals surface area contributed by atoms with Crippen LogP contribution in [0, 0.1) is 5.41 Å². The summed E-state index contributed by atoms with van der Waals surface area (Å²) in [6.45, 7) is 1.95. The molecule has 1 saturated carbocycles. The normalized spacial score (nSPS) is 21.7. The first-order valence-electron chi connectivity index (χ1n) is 7.80. The second-order valence-electron chi connectivity index (χ2n) is 6.85. The van der Waals surface area contributed by atoms with Gasteiger partial charge in [0.25, 0.3) is 0 Å². The number of hydrogen-bond donors (Lipinski definition) is 0. The third-order valence-corrected chi connectivity index (χ3v) is 5.48. The van der Waals surface area contributed by atoms with Crippen LogP contribution in [0.25, 0.3) is 11.0 Å². The fraction of sp³-hybridized carbons (Fsp3) is 0.529. The van der Waals surface area contributed by atoms with E-state index in [1.54, 1.807) is 0 Å². The van der Waals surface area contributed by atoms with Crippen molar-refractivity contribution in [3.8, 4) is 0 Å². The number of carbonyl (C=O) groups is 1. The van der Waals surface area contributed by atoms with E-state index in [9.17, 15) is 4.79 Å². The van der Waals surface area contributed by atoms with Crippen LogP contribution in [-0.2, 0) is 11.8 Å². The Morgan fingerprint density at radius 2 is 2.10 bits per heavy atom. The Kier molecular flexibility index (Phi) is 2.81. The fourth-order valence-electron chi connectivity index (χ4n) is 4.32. The van der Waals surface area contributed by atoms with Gasteiger partial charge in [0.2, 0.25) is 6.41 Å². The third kappa shape index (κ3) is 1.96. The molecule has 0 aromatic carbocycles. The van der Waals surface area contributed by atoms with E-state index in [0.717, 1.165) is 25.1 Å². The molecule has 110 valence electrons. The minimum absolute atomic E-state index is 0.431. The number of aromatic nitrogens is 2. The van der Waals surface area contributed by atoms with E-state index in [2.05, 4.69) is 28.9 Å². The van der Waals surface area contributed by atoms with E-state index in [1.165, 1.54) is 36.6 Å². The number of carbonyl (C=O) groups excluding carboxylic acids is 1. The van der Waals surface area contributed by atoms with Crippen LogP contribution in [0.1, 0.15) is 37.2 Å². The lowest BCUT2D eigenvalue weighted by atomic mass is 9.65. The van der Waals surface area contributed by atoms with E-state index in [1.807, 2.05) is 17.2 Å². The minimum Gasteiger partial charge on any atom is -0.344 e. The Balaban J connectivity index is 1.54. The fourth-order valence-corrected chi connectivity index (χ4v) is 4.32. The van der Waals surface area contributed by atoms with Gasteiger partial charge < -0.3 is 9.47 Å². The molecule has 4 heteroatoms. The molecule has 0 radical (unpaired) electrons. The molecular weight excluding hydrogens is 262 g/mol. The summed E-state index contributed by atoms with van der Waals surface area (Å²) < 4.78 is 2.15. The highest BCUT2D eigenvalue weighted by Gasteiger charge is 2.45. The van der Waals surface area contributed by atoms with Gasteiger partial charge in [-0.3, -0.25) is 4.79 Å². The maximum absolute atomic E-state index is 10.8. The summed E-state index contributed by atoms with van der Waals surface area (Å²) in [4.78, 5) is 17.2. The van der Waals surface area contributed by atoms with Gasteiger partial charge in [-0.25, -0.2) is 4.98 Å². The predicted molar refractivity (Wildman–Crippen MR) is 82.0 cm³/mol. The highest BCUT2D eigenvalue weighted by atomic mass is 16.1. The zero-order valence-electron chi connectivity index (χ0n) is 12.5. The summed E-state index contributed by atoms with van der Waals surface area (Å²) in [7, 11) is 2.08. The Hall–Kier alpha value is -1.84. The van der Waals surface area contributed by atoms with Crippen LogP contribution in [0.15, 0.2) is 24.5 Å². The van der Waals surface area contributed by atoms with E-state index in [-0.39, 0.29) is 0 Å². The molecule has 1 saturated heterocycles. The molecule has 1 amide bonds. The van der Waals surface area contributed by atoms with Crippen LogP contribution in [-0.4, -0.2) is 34.0 Å². The van der Waals surface area contributed by atoms with Crippen molar-refractivity contribution in [2.24, 2.45) is 12.5 Å². The van der Waals surface area contributed by atoms with E-state index >= 15 is 0 Å². The Morgan fingerprint density at radius 3 is 2.81 bits per heavy atom. The number of hydrogen-bond acceptors (Lipinski definition) is 2. The zero-order chi connectivity index (χ0) is 14.4. The highest BCUT2D eigenvalue weighted by molar-refractivity contribution is 5.80. The number of nitrogens with zero attached hydrogens (tertiary/aromatic N) is 3. The van der Waals surface area contributed by atoms with Crippen molar-refractivity contribution in [1.29, 1.82) is 0 Å². The van der Waals surface area contributed by atoms with Crippen LogP contribution < -0.4 is 0 Å². The molecule has 4 rings (SSSR count). The van der Waals surface area contributed by atoms with Gasteiger partial charge in [-0.2, -0.15) is 0 Å². The van der Waals surface area contributed by atoms with Crippen molar-refractivity contribution in [1.82, 2.24) is 14.5 Å². The molecule has 4 nitrogen and oxygen atoms in total. The second kappa shape index (κ2) is 4.58. The molecule has 2 aromatic rings. The average Bonchev–Trinajstić information content (AvgIpc) is 2.83. The molecule has 1 spiro atoms.